The van der Waals surface area contributed by atoms with Crippen LogP contribution < -0.4 is 4.74 Å². The Kier molecular flexibility index (Phi) is 4.15. The first-order valence-electron chi connectivity index (χ1n) is 8.49. The van der Waals surface area contributed by atoms with E-state index >= 15 is 0 Å². The Labute approximate surface area is 151 Å². The van der Waals surface area contributed by atoms with Crippen LogP contribution in [0, 0.1) is 0 Å². The molecule has 3 nitrogen and oxygen atoms in total. The van der Waals surface area contributed by atoms with Gasteiger partial charge in [-0.2, -0.15) is 0 Å². The predicted octanol–water partition coefficient (Wildman–Crippen LogP) is 4.30. The molecule has 4 rings (SSSR count). The van der Waals surface area contributed by atoms with Crippen molar-refractivity contribution in [3.05, 3.63) is 64.1 Å². The van der Waals surface area contributed by atoms with E-state index in [1.165, 1.54) is 5.56 Å². The summed E-state index contributed by atoms with van der Waals surface area (Å²) in [6.45, 7) is 4.03. The molecule has 24 heavy (non-hydrogen) atoms. The van der Waals surface area contributed by atoms with Gasteiger partial charge in [0, 0.05) is 42.0 Å². The molecule has 0 aliphatic carbocycles. The van der Waals surface area contributed by atoms with Crippen molar-refractivity contribution < 1.29 is 9.84 Å². The second-order valence-corrected chi connectivity index (χ2v) is 8.05. The molecular formula is C20H22BrNO2. The third-order valence-electron chi connectivity index (χ3n) is 5.24. The standard InChI is InChI=1S/C20H22BrNO2/c1-14-10-20(13-22(14)12-15-5-3-2-4-6-15)11-18(23)17-8-7-16(21)9-19(17)24-20/h2-9,14,18,23H,10-13H2,1H3. The summed E-state index contributed by atoms with van der Waals surface area (Å²) in [6, 6.07) is 16.9. The summed E-state index contributed by atoms with van der Waals surface area (Å²) in [7, 11) is 0. The number of hydrogen-bond acceptors (Lipinski definition) is 3. The highest BCUT2D eigenvalue weighted by molar-refractivity contribution is 9.10. The topological polar surface area (TPSA) is 32.7 Å². The first-order chi connectivity index (χ1) is 11.5. The van der Waals surface area contributed by atoms with Crippen LogP contribution in [0.2, 0.25) is 0 Å². The quantitative estimate of drug-likeness (QED) is 0.833. The molecule has 4 heteroatoms. The zero-order valence-electron chi connectivity index (χ0n) is 13.8. The van der Waals surface area contributed by atoms with Crippen molar-refractivity contribution in [1.82, 2.24) is 4.90 Å². The number of aliphatic hydroxyl groups excluding tert-OH is 1. The van der Waals surface area contributed by atoms with Crippen molar-refractivity contribution >= 4 is 15.9 Å². The third kappa shape index (κ3) is 2.99. The number of halogens is 1. The van der Waals surface area contributed by atoms with Gasteiger partial charge in [-0.15, -0.1) is 0 Å². The van der Waals surface area contributed by atoms with Gasteiger partial charge in [0.1, 0.15) is 11.4 Å². The number of benzene rings is 2. The fourth-order valence-electron chi connectivity index (χ4n) is 4.12. The number of rotatable bonds is 2. The van der Waals surface area contributed by atoms with E-state index in [1.807, 2.05) is 24.3 Å². The molecule has 1 spiro atoms. The van der Waals surface area contributed by atoms with Gasteiger partial charge >= 0.3 is 0 Å². The average molecular weight is 388 g/mol. The highest BCUT2D eigenvalue weighted by Gasteiger charge is 2.48. The summed E-state index contributed by atoms with van der Waals surface area (Å²) in [4.78, 5) is 2.46. The van der Waals surface area contributed by atoms with Crippen LogP contribution in [-0.4, -0.2) is 28.2 Å². The van der Waals surface area contributed by atoms with E-state index in [0.29, 0.717) is 12.5 Å². The molecule has 2 heterocycles. The Morgan fingerprint density at radius 2 is 2.00 bits per heavy atom. The van der Waals surface area contributed by atoms with E-state index in [4.69, 9.17) is 4.74 Å². The zero-order valence-corrected chi connectivity index (χ0v) is 15.4. The summed E-state index contributed by atoms with van der Waals surface area (Å²) in [6.07, 6.45) is 1.16. The lowest BCUT2D eigenvalue weighted by Gasteiger charge is -2.38. The van der Waals surface area contributed by atoms with Crippen LogP contribution in [0.15, 0.2) is 53.0 Å². The highest BCUT2D eigenvalue weighted by Crippen LogP contribution is 2.46. The van der Waals surface area contributed by atoms with Crippen molar-refractivity contribution in [2.45, 2.75) is 44.1 Å². The predicted molar refractivity (Wildman–Crippen MR) is 98.0 cm³/mol. The van der Waals surface area contributed by atoms with Crippen molar-refractivity contribution in [2.75, 3.05) is 6.54 Å². The lowest BCUT2D eigenvalue weighted by atomic mass is 9.87. The minimum atomic E-state index is -0.453. The maximum Gasteiger partial charge on any atom is 0.127 e. The van der Waals surface area contributed by atoms with Crippen molar-refractivity contribution in [1.29, 1.82) is 0 Å². The van der Waals surface area contributed by atoms with Crippen LogP contribution in [0.25, 0.3) is 0 Å². The summed E-state index contributed by atoms with van der Waals surface area (Å²) >= 11 is 3.50. The minimum absolute atomic E-state index is 0.290. The molecule has 1 saturated heterocycles. The van der Waals surface area contributed by atoms with Gasteiger partial charge in [0.05, 0.1) is 6.10 Å². The largest absolute Gasteiger partial charge is 0.485 e. The first kappa shape index (κ1) is 16.1. The molecule has 126 valence electrons. The molecule has 3 atom stereocenters. The molecule has 2 aliphatic rings. The van der Waals surface area contributed by atoms with Crippen LogP contribution in [0.3, 0.4) is 0 Å². The molecule has 0 amide bonds. The molecule has 0 radical (unpaired) electrons. The van der Waals surface area contributed by atoms with Crippen LogP contribution >= 0.6 is 15.9 Å². The number of likely N-dealkylation sites (tertiary alicyclic amines) is 1. The fraction of sp³-hybridized carbons (Fsp3) is 0.400. The summed E-state index contributed by atoms with van der Waals surface area (Å²) in [5.41, 5.74) is 1.93. The summed E-state index contributed by atoms with van der Waals surface area (Å²) < 4.78 is 7.42. The Morgan fingerprint density at radius 3 is 2.79 bits per heavy atom. The van der Waals surface area contributed by atoms with E-state index in [1.54, 1.807) is 0 Å². The molecule has 0 saturated carbocycles. The highest BCUT2D eigenvalue weighted by atomic mass is 79.9. The maximum atomic E-state index is 10.6. The summed E-state index contributed by atoms with van der Waals surface area (Å²) in [5, 5.41) is 10.6. The molecule has 0 bridgehead atoms. The molecule has 2 aromatic rings. The SMILES string of the molecule is CC1CC2(CC(O)c3ccc(Br)cc3O2)CN1Cc1ccccc1. The average Bonchev–Trinajstić information content (AvgIpc) is 2.82. The Balaban J connectivity index is 1.56. The van der Waals surface area contributed by atoms with Crippen LogP contribution in [-0.2, 0) is 6.54 Å². The zero-order chi connectivity index (χ0) is 16.7. The van der Waals surface area contributed by atoms with Gasteiger partial charge in [-0.05, 0) is 24.6 Å². The van der Waals surface area contributed by atoms with Gasteiger partial charge in [0.2, 0.25) is 0 Å². The molecule has 3 unspecified atom stereocenters. The van der Waals surface area contributed by atoms with Crippen molar-refractivity contribution in [3.63, 3.8) is 0 Å². The van der Waals surface area contributed by atoms with Gasteiger partial charge in [0.15, 0.2) is 0 Å². The monoisotopic (exact) mass is 387 g/mol. The van der Waals surface area contributed by atoms with E-state index in [-0.39, 0.29) is 5.60 Å². The molecular weight excluding hydrogens is 366 g/mol. The van der Waals surface area contributed by atoms with Crippen LogP contribution in [0.5, 0.6) is 5.75 Å². The Hall–Kier alpha value is -1.36. The number of ether oxygens (including phenoxy) is 1. The Morgan fingerprint density at radius 1 is 1.21 bits per heavy atom. The lowest BCUT2D eigenvalue weighted by molar-refractivity contribution is -0.00774. The Bertz CT molecular complexity index is 736. The van der Waals surface area contributed by atoms with E-state index in [9.17, 15) is 5.11 Å². The fourth-order valence-corrected chi connectivity index (χ4v) is 4.46. The van der Waals surface area contributed by atoms with Crippen molar-refractivity contribution in [3.8, 4) is 5.75 Å². The van der Waals surface area contributed by atoms with Gasteiger partial charge < -0.3 is 9.84 Å². The first-order valence-corrected chi connectivity index (χ1v) is 9.28. The summed E-state index contributed by atoms with van der Waals surface area (Å²) in [5.74, 6) is 0.817. The van der Waals surface area contributed by atoms with E-state index < -0.39 is 6.10 Å². The van der Waals surface area contributed by atoms with Gasteiger partial charge in [-0.3, -0.25) is 4.90 Å². The normalized spacial score (nSPS) is 29.5. The third-order valence-corrected chi connectivity index (χ3v) is 5.73. The smallest absolute Gasteiger partial charge is 0.127 e. The maximum absolute atomic E-state index is 10.6. The molecule has 2 aliphatic heterocycles. The van der Waals surface area contributed by atoms with Gasteiger partial charge in [-0.25, -0.2) is 0 Å². The van der Waals surface area contributed by atoms with Crippen LogP contribution in [0.4, 0.5) is 0 Å². The van der Waals surface area contributed by atoms with Gasteiger partial charge in [-0.1, -0.05) is 52.3 Å². The minimum Gasteiger partial charge on any atom is -0.485 e. The second-order valence-electron chi connectivity index (χ2n) is 7.13. The number of hydrogen-bond donors (Lipinski definition) is 1. The number of fused-ring (bicyclic) bond motifs is 1. The van der Waals surface area contributed by atoms with Crippen LogP contribution in [0.1, 0.15) is 37.0 Å². The molecule has 2 aromatic carbocycles. The van der Waals surface area contributed by atoms with E-state index in [0.717, 1.165) is 35.3 Å². The molecule has 0 aromatic heterocycles. The molecule has 1 fully saturated rings. The number of aliphatic hydroxyl groups is 1. The lowest BCUT2D eigenvalue weighted by Crippen LogP contribution is -2.43. The van der Waals surface area contributed by atoms with E-state index in [2.05, 4.69) is 52.0 Å². The van der Waals surface area contributed by atoms with Gasteiger partial charge in [0.25, 0.3) is 0 Å². The number of nitrogens with zero attached hydrogens (tertiary/aromatic N) is 1. The van der Waals surface area contributed by atoms with Crippen molar-refractivity contribution in [2.24, 2.45) is 0 Å². The molecule has 1 N–H and O–H groups in total. The second kappa shape index (κ2) is 6.17.